The first-order valence-corrected chi connectivity index (χ1v) is 9.38. The maximum absolute atomic E-state index is 10.5. The number of nitrogens with zero attached hydrogens (tertiary/aromatic N) is 6. The molecule has 1 unspecified atom stereocenters. The van der Waals surface area contributed by atoms with Crippen LogP contribution in [-0.4, -0.2) is 46.8 Å². The first kappa shape index (κ1) is 16.0. The van der Waals surface area contributed by atoms with Gasteiger partial charge in [0.1, 0.15) is 5.82 Å². The standard InChI is InChI=1S/C17H20ClN7O/c18-12-7-19-24(9-12)8-10-5-13(14(26)6-10)20-15-3-4-16-21-22-17(11-1-2-11)25(16)23-15/h3-4,7,9-11,13-14,26H,1-2,5-6,8H2,(H,20,23)/t10?,13-,14-/m1/s1. The molecule has 3 heterocycles. The molecular formula is C17H20ClN7O. The molecule has 2 aliphatic carbocycles. The second-order valence-corrected chi connectivity index (χ2v) is 7.79. The predicted molar refractivity (Wildman–Crippen MR) is 96.1 cm³/mol. The molecule has 2 N–H and O–H groups in total. The van der Waals surface area contributed by atoms with Gasteiger partial charge in [-0.1, -0.05) is 11.6 Å². The van der Waals surface area contributed by atoms with Gasteiger partial charge in [-0.2, -0.15) is 9.61 Å². The Morgan fingerprint density at radius 2 is 2.12 bits per heavy atom. The van der Waals surface area contributed by atoms with Crippen molar-refractivity contribution in [3.05, 3.63) is 35.4 Å². The summed E-state index contributed by atoms with van der Waals surface area (Å²) in [6.07, 6.45) is 6.94. The number of aliphatic hydroxyl groups is 1. The van der Waals surface area contributed by atoms with Gasteiger partial charge in [0.05, 0.1) is 23.4 Å². The van der Waals surface area contributed by atoms with Crippen molar-refractivity contribution in [3.8, 4) is 0 Å². The summed E-state index contributed by atoms with van der Waals surface area (Å²) in [6, 6.07) is 3.78. The van der Waals surface area contributed by atoms with E-state index in [1.807, 2.05) is 27.5 Å². The number of aliphatic hydroxyl groups excluding tert-OH is 1. The lowest BCUT2D eigenvalue weighted by Crippen LogP contribution is -2.28. The van der Waals surface area contributed by atoms with Gasteiger partial charge in [0, 0.05) is 18.7 Å². The summed E-state index contributed by atoms with van der Waals surface area (Å²) in [6.45, 7) is 0.756. The third-order valence-electron chi connectivity index (χ3n) is 5.24. The van der Waals surface area contributed by atoms with Gasteiger partial charge in [-0.3, -0.25) is 4.68 Å². The quantitative estimate of drug-likeness (QED) is 0.711. The van der Waals surface area contributed by atoms with Crippen LogP contribution < -0.4 is 5.32 Å². The van der Waals surface area contributed by atoms with E-state index in [1.165, 1.54) is 0 Å². The van der Waals surface area contributed by atoms with Crippen molar-refractivity contribution in [2.45, 2.75) is 50.3 Å². The Balaban J connectivity index is 1.29. The van der Waals surface area contributed by atoms with Crippen LogP contribution in [0.2, 0.25) is 5.02 Å². The SMILES string of the molecule is O[C@@H]1CC(Cn2cc(Cl)cn2)C[C@H]1Nc1ccc2nnc(C3CC3)n2n1. The van der Waals surface area contributed by atoms with Gasteiger partial charge in [0.15, 0.2) is 11.5 Å². The number of fused-ring (bicyclic) bond motifs is 1. The molecule has 5 rings (SSSR count). The number of hydrogen-bond donors (Lipinski definition) is 2. The molecular weight excluding hydrogens is 354 g/mol. The second-order valence-electron chi connectivity index (χ2n) is 7.36. The summed E-state index contributed by atoms with van der Waals surface area (Å²) in [5.74, 6) is 2.50. The molecule has 3 aromatic heterocycles. The molecule has 0 saturated heterocycles. The minimum atomic E-state index is -0.410. The van der Waals surface area contributed by atoms with Crippen LogP contribution in [0.3, 0.4) is 0 Å². The zero-order valence-electron chi connectivity index (χ0n) is 14.2. The number of nitrogens with one attached hydrogen (secondary N) is 1. The Morgan fingerprint density at radius 3 is 2.88 bits per heavy atom. The Labute approximate surface area is 155 Å². The van der Waals surface area contributed by atoms with Gasteiger partial charge in [-0.05, 0) is 43.7 Å². The number of anilines is 1. The third kappa shape index (κ3) is 3.03. The fourth-order valence-corrected chi connectivity index (χ4v) is 3.95. The van der Waals surface area contributed by atoms with Crippen LogP contribution in [0.1, 0.15) is 37.4 Å². The van der Waals surface area contributed by atoms with E-state index in [0.717, 1.165) is 49.5 Å². The molecule has 2 saturated carbocycles. The van der Waals surface area contributed by atoms with Crippen molar-refractivity contribution in [1.29, 1.82) is 0 Å². The summed E-state index contributed by atoms with van der Waals surface area (Å²) in [7, 11) is 0. The summed E-state index contributed by atoms with van der Waals surface area (Å²) in [5.41, 5.74) is 0.762. The van der Waals surface area contributed by atoms with E-state index in [9.17, 15) is 5.11 Å². The smallest absolute Gasteiger partial charge is 0.178 e. The fraction of sp³-hybridized carbons (Fsp3) is 0.529. The van der Waals surface area contributed by atoms with E-state index in [2.05, 4.69) is 25.7 Å². The number of rotatable bonds is 5. The van der Waals surface area contributed by atoms with Crippen LogP contribution in [-0.2, 0) is 6.54 Å². The minimum absolute atomic E-state index is 0.0307. The molecule has 0 radical (unpaired) electrons. The second kappa shape index (κ2) is 6.21. The van der Waals surface area contributed by atoms with E-state index in [4.69, 9.17) is 11.6 Å². The highest BCUT2D eigenvalue weighted by molar-refractivity contribution is 6.30. The molecule has 0 bridgehead atoms. The molecule has 0 aliphatic heterocycles. The molecule has 9 heteroatoms. The number of hydrogen-bond acceptors (Lipinski definition) is 6. The van der Waals surface area contributed by atoms with Gasteiger partial charge in [0.2, 0.25) is 0 Å². The molecule has 136 valence electrons. The first-order chi connectivity index (χ1) is 12.7. The van der Waals surface area contributed by atoms with Gasteiger partial charge in [0.25, 0.3) is 0 Å². The summed E-state index contributed by atoms with van der Waals surface area (Å²) in [5, 5.41) is 31.8. The van der Waals surface area contributed by atoms with Gasteiger partial charge in [-0.25, -0.2) is 0 Å². The Bertz CT molecular complexity index is 934. The Hall–Kier alpha value is -2.19. The van der Waals surface area contributed by atoms with Crippen LogP contribution >= 0.6 is 11.6 Å². The molecule has 0 spiro atoms. The average molecular weight is 374 g/mol. The van der Waals surface area contributed by atoms with Crippen molar-refractivity contribution >= 4 is 23.1 Å². The molecule has 3 atom stereocenters. The average Bonchev–Trinajstić information content (AvgIpc) is 3.10. The minimum Gasteiger partial charge on any atom is -0.391 e. The van der Waals surface area contributed by atoms with Gasteiger partial charge >= 0.3 is 0 Å². The summed E-state index contributed by atoms with van der Waals surface area (Å²) in [4.78, 5) is 0. The molecule has 0 amide bonds. The molecule has 8 nitrogen and oxygen atoms in total. The normalized spacial score (nSPS) is 25.8. The monoisotopic (exact) mass is 373 g/mol. The van der Waals surface area contributed by atoms with Crippen molar-refractivity contribution < 1.29 is 5.11 Å². The Morgan fingerprint density at radius 1 is 1.23 bits per heavy atom. The number of halogens is 1. The molecule has 2 fully saturated rings. The van der Waals surface area contributed by atoms with E-state index in [-0.39, 0.29) is 6.04 Å². The van der Waals surface area contributed by atoms with Crippen LogP contribution in [0.15, 0.2) is 24.5 Å². The molecule has 2 aliphatic rings. The van der Waals surface area contributed by atoms with Crippen molar-refractivity contribution in [3.63, 3.8) is 0 Å². The van der Waals surface area contributed by atoms with E-state index in [0.29, 0.717) is 16.9 Å². The maximum atomic E-state index is 10.5. The zero-order chi connectivity index (χ0) is 17.7. The lowest BCUT2D eigenvalue weighted by molar-refractivity contribution is 0.165. The van der Waals surface area contributed by atoms with Crippen LogP contribution in [0.25, 0.3) is 5.65 Å². The highest BCUT2D eigenvalue weighted by Gasteiger charge is 2.34. The van der Waals surface area contributed by atoms with Gasteiger partial charge in [-0.15, -0.1) is 15.3 Å². The highest BCUT2D eigenvalue weighted by atomic mass is 35.5. The van der Waals surface area contributed by atoms with Crippen molar-refractivity contribution in [2.75, 3.05) is 5.32 Å². The lowest BCUT2D eigenvalue weighted by Gasteiger charge is -2.17. The topological polar surface area (TPSA) is 93.2 Å². The van der Waals surface area contributed by atoms with Crippen LogP contribution in [0, 0.1) is 5.92 Å². The molecule has 26 heavy (non-hydrogen) atoms. The predicted octanol–water partition coefficient (Wildman–Crippen LogP) is 2.10. The lowest BCUT2D eigenvalue weighted by atomic mass is 10.1. The third-order valence-corrected chi connectivity index (χ3v) is 5.43. The molecule has 3 aromatic rings. The highest BCUT2D eigenvalue weighted by Crippen LogP contribution is 2.38. The van der Waals surface area contributed by atoms with E-state index >= 15 is 0 Å². The van der Waals surface area contributed by atoms with Crippen molar-refractivity contribution in [1.82, 2.24) is 29.6 Å². The van der Waals surface area contributed by atoms with Crippen LogP contribution in [0.4, 0.5) is 5.82 Å². The first-order valence-electron chi connectivity index (χ1n) is 9.00. The van der Waals surface area contributed by atoms with Crippen LogP contribution in [0.5, 0.6) is 0 Å². The summed E-state index contributed by atoms with van der Waals surface area (Å²) >= 11 is 5.92. The maximum Gasteiger partial charge on any atom is 0.178 e. The number of aromatic nitrogens is 6. The fourth-order valence-electron chi connectivity index (χ4n) is 3.79. The molecule has 0 aromatic carbocycles. The largest absolute Gasteiger partial charge is 0.391 e. The Kier molecular flexibility index (Phi) is 3.82. The summed E-state index contributed by atoms with van der Waals surface area (Å²) < 4.78 is 3.66. The van der Waals surface area contributed by atoms with E-state index in [1.54, 1.807) is 6.20 Å². The van der Waals surface area contributed by atoms with Crippen molar-refractivity contribution in [2.24, 2.45) is 5.92 Å². The van der Waals surface area contributed by atoms with Gasteiger partial charge < -0.3 is 10.4 Å². The van der Waals surface area contributed by atoms with E-state index < -0.39 is 6.10 Å². The zero-order valence-corrected chi connectivity index (χ0v) is 14.9.